The number of carbonyl (C=O) groups is 2. The molecule has 2 aliphatic rings. The molecule has 0 radical (unpaired) electrons. The summed E-state index contributed by atoms with van der Waals surface area (Å²) >= 11 is 1.05. The number of nitrogens with one attached hydrogen (secondary N) is 1. The number of nitrogens with zero attached hydrogens (tertiary/aromatic N) is 4. The van der Waals surface area contributed by atoms with Gasteiger partial charge in [-0.25, -0.2) is 4.79 Å². The van der Waals surface area contributed by atoms with Crippen molar-refractivity contribution in [3.63, 3.8) is 0 Å². The molecule has 2 aromatic carbocycles. The lowest BCUT2D eigenvalue weighted by molar-refractivity contribution is -0.138. The van der Waals surface area contributed by atoms with Gasteiger partial charge >= 0.3 is 12.3 Å². The number of aliphatic hydroxyl groups excluding tert-OH is 1. The molecule has 10 nitrogen and oxygen atoms in total. The van der Waals surface area contributed by atoms with E-state index in [1.165, 1.54) is 30.9 Å². The molecule has 2 aliphatic heterocycles. The summed E-state index contributed by atoms with van der Waals surface area (Å²) in [6.07, 6.45) is -3.93. The number of fused-ring (bicyclic) bond motifs is 1. The molecule has 46 heavy (non-hydrogen) atoms. The molecular weight excluding hydrogens is 623 g/mol. The van der Waals surface area contributed by atoms with Crippen LogP contribution in [-0.2, 0) is 27.7 Å². The molecule has 1 aromatic heterocycles. The normalized spacial score (nSPS) is 19.1. The Bertz CT molecular complexity index is 1720. The van der Waals surface area contributed by atoms with Gasteiger partial charge in [-0.15, -0.1) is 0 Å². The van der Waals surface area contributed by atoms with Crippen LogP contribution < -0.4 is 0 Å². The highest BCUT2D eigenvalue weighted by Crippen LogP contribution is 2.41. The van der Waals surface area contributed by atoms with E-state index in [0.29, 0.717) is 28.2 Å². The maximum absolute atomic E-state index is 14.4. The number of aromatic nitrogens is 2. The lowest BCUT2D eigenvalue weighted by Crippen LogP contribution is -2.58. The van der Waals surface area contributed by atoms with Gasteiger partial charge in [-0.3, -0.25) is 14.8 Å². The number of H-pyrrole nitrogens is 1. The van der Waals surface area contributed by atoms with E-state index in [2.05, 4.69) is 15.2 Å². The van der Waals surface area contributed by atoms with E-state index in [1.807, 2.05) is 0 Å². The van der Waals surface area contributed by atoms with Crippen molar-refractivity contribution in [3.05, 3.63) is 69.8 Å². The third-order valence-corrected chi connectivity index (χ3v) is 8.89. The molecule has 2 amide bonds. The van der Waals surface area contributed by atoms with Gasteiger partial charge in [-0.2, -0.15) is 23.3 Å². The Morgan fingerprint density at radius 1 is 1.11 bits per heavy atom. The standard InChI is InChI=1S/C32H36F3N5O5S/c1-30(2,3)45-29(43)40-11-10-39(16-22(40)17-41)28-37-27(42)26(46-28)23(18-7-9-25-20(12-18)15-36-38-25)13-19-6-8-21(31(4,5)44)14-24(19)32(33,34)35/h6-9,12,14-15,22,41,44H,10-11,13,16-17H2,1-5H3,(H,36,38)/t22-/m1/s1. The molecule has 3 N–H and O–H groups in total. The Morgan fingerprint density at radius 2 is 1.85 bits per heavy atom. The molecule has 246 valence electrons. The zero-order chi connectivity index (χ0) is 33.6. The number of piperazine rings is 1. The summed E-state index contributed by atoms with van der Waals surface area (Å²) in [5.74, 6) is -0.598. The van der Waals surface area contributed by atoms with Crippen LogP contribution >= 0.6 is 11.8 Å². The van der Waals surface area contributed by atoms with Crippen molar-refractivity contribution in [1.29, 1.82) is 0 Å². The van der Waals surface area contributed by atoms with E-state index < -0.39 is 41.0 Å². The number of aliphatic imine (C=N–C) groups is 1. The third-order valence-electron chi connectivity index (χ3n) is 7.73. The Labute approximate surface area is 268 Å². The van der Waals surface area contributed by atoms with E-state index in [1.54, 1.807) is 50.1 Å². The largest absolute Gasteiger partial charge is 0.444 e. The molecule has 0 spiro atoms. The molecular formula is C32H36F3N5O5S. The zero-order valence-electron chi connectivity index (χ0n) is 26.1. The predicted molar refractivity (Wildman–Crippen MR) is 169 cm³/mol. The minimum Gasteiger partial charge on any atom is -0.444 e. The first kappa shape index (κ1) is 33.5. The second-order valence-corrected chi connectivity index (χ2v) is 13.8. The van der Waals surface area contributed by atoms with Gasteiger partial charge in [0.2, 0.25) is 0 Å². The van der Waals surface area contributed by atoms with Gasteiger partial charge in [0.15, 0.2) is 5.17 Å². The molecule has 0 saturated carbocycles. The minimum atomic E-state index is -4.72. The number of hydrogen-bond acceptors (Lipinski definition) is 8. The Balaban J connectivity index is 1.50. The summed E-state index contributed by atoms with van der Waals surface area (Å²) in [5, 5.41) is 28.4. The van der Waals surface area contributed by atoms with Crippen molar-refractivity contribution >= 4 is 45.4 Å². The van der Waals surface area contributed by atoms with Crippen molar-refractivity contribution < 1.29 is 37.7 Å². The fourth-order valence-electron chi connectivity index (χ4n) is 5.38. The number of benzene rings is 2. The first-order chi connectivity index (χ1) is 21.4. The Morgan fingerprint density at radius 3 is 2.50 bits per heavy atom. The molecule has 1 saturated heterocycles. The van der Waals surface area contributed by atoms with E-state index >= 15 is 0 Å². The molecule has 1 fully saturated rings. The number of amides is 2. The van der Waals surface area contributed by atoms with Crippen LogP contribution in [0.25, 0.3) is 16.5 Å². The number of carbonyl (C=O) groups excluding carboxylic acids is 2. The third kappa shape index (κ3) is 7.24. The second-order valence-electron chi connectivity index (χ2n) is 12.8. The number of aromatic amines is 1. The molecule has 1 atom stereocenters. The van der Waals surface area contributed by atoms with Crippen LogP contribution in [0.5, 0.6) is 0 Å². The van der Waals surface area contributed by atoms with Crippen molar-refractivity contribution in [3.8, 4) is 0 Å². The molecule has 3 aromatic rings. The minimum absolute atomic E-state index is 0.0662. The van der Waals surface area contributed by atoms with Crippen molar-refractivity contribution in [1.82, 2.24) is 20.0 Å². The predicted octanol–water partition coefficient (Wildman–Crippen LogP) is 5.31. The SMILES string of the molecule is CC(C)(C)OC(=O)N1CCN(C2=NC(=O)C(=C(Cc3ccc(C(C)(C)O)cc3C(F)(F)F)c3ccc4[nH]ncc4c3)S2)C[C@@H]1CO. The highest BCUT2D eigenvalue weighted by atomic mass is 32.2. The number of amidine groups is 1. The van der Waals surface area contributed by atoms with Gasteiger partial charge in [0.05, 0.1) is 40.4 Å². The van der Waals surface area contributed by atoms with E-state index in [9.17, 15) is 33.0 Å². The maximum atomic E-state index is 14.4. The van der Waals surface area contributed by atoms with Gasteiger partial charge in [0.1, 0.15) is 5.60 Å². The average molecular weight is 660 g/mol. The second kappa shape index (κ2) is 12.4. The van der Waals surface area contributed by atoms with Crippen molar-refractivity contribution in [2.24, 2.45) is 4.99 Å². The maximum Gasteiger partial charge on any atom is 0.416 e. The highest BCUT2D eigenvalue weighted by molar-refractivity contribution is 8.18. The van der Waals surface area contributed by atoms with Gasteiger partial charge in [0, 0.05) is 25.0 Å². The monoisotopic (exact) mass is 659 g/mol. The Hall–Kier alpha value is -3.88. The van der Waals surface area contributed by atoms with Gasteiger partial charge < -0.3 is 19.8 Å². The van der Waals surface area contributed by atoms with Crippen LogP contribution in [-0.4, -0.2) is 85.3 Å². The van der Waals surface area contributed by atoms with Crippen LogP contribution in [0, 0.1) is 0 Å². The van der Waals surface area contributed by atoms with Crippen LogP contribution in [0.3, 0.4) is 0 Å². The van der Waals surface area contributed by atoms with E-state index in [4.69, 9.17) is 4.74 Å². The molecule has 14 heteroatoms. The number of hydrogen-bond donors (Lipinski definition) is 3. The van der Waals surface area contributed by atoms with Crippen LogP contribution in [0.15, 0.2) is 52.5 Å². The van der Waals surface area contributed by atoms with Crippen molar-refractivity contribution in [2.45, 2.75) is 64.5 Å². The summed E-state index contributed by atoms with van der Waals surface area (Å²) in [4.78, 5) is 33.9. The van der Waals surface area contributed by atoms with Crippen molar-refractivity contribution in [2.75, 3.05) is 26.2 Å². The number of alkyl halides is 3. The number of allylic oxidation sites excluding steroid dienone is 1. The van der Waals surface area contributed by atoms with E-state index in [-0.39, 0.29) is 42.1 Å². The zero-order valence-corrected chi connectivity index (χ0v) is 26.9. The molecule has 5 rings (SSSR count). The van der Waals surface area contributed by atoms with E-state index in [0.717, 1.165) is 23.3 Å². The van der Waals surface area contributed by atoms with Gasteiger partial charge in [-0.1, -0.05) is 18.2 Å². The molecule has 0 unspecified atom stereocenters. The van der Waals surface area contributed by atoms with Crippen LogP contribution in [0.4, 0.5) is 18.0 Å². The lowest BCUT2D eigenvalue weighted by Gasteiger charge is -2.41. The number of rotatable bonds is 5. The fourth-order valence-corrected chi connectivity index (χ4v) is 6.43. The summed E-state index contributed by atoms with van der Waals surface area (Å²) in [7, 11) is 0. The first-order valence-corrected chi connectivity index (χ1v) is 15.5. The van der Waals surface area contributed by atoms with Gasteiger partial charge in [0.25, 0.3) is 5.91 Å². The number of thioether (sulfide) groups is 1. The first-order valence-electron chi connectivity index (χ1n) is 14.7. The van der Waals surface area contributed by atoms with Gasteiger partial charge in [-0.05, 0) is 93.3 Å². The number of halogens is 3. The van der Waals surface area contributed by atoms with Crippen LogP contribution in [0.1, 0.15) is 56.9 Å². The molecule has 3 heterocycles. The smallest absolute Gasteiger partial charge is 0.416 e. The topological polar surface area (TPSA) is 131 Å². The lowest BCUT2D eigenvalue weighted by atomic mass is 9.89. The average Bonchev–Trinajstić information content (AvgIpc) is 3.59. The quantitative estimate of drug-likeness (QED) is 0.315. The number of ether oxygens (including phenoxy) is 1. The van der Waals surface area contributed by atoms with Crippen LogP contribution in [0.2, 0.25) is 0 Å². The highest BCUT2D eigenvalue weighted by Gasteiger charge is 2.39. The summed E-state index contributed by atoms with van der Waals surface area (Å²) < 4.78 is 48.6. The molecule has 0 aliphatic carbocycles. The number of aliphatic hydroxyl groups is 2. The summed E-state index contributed by atoms with van der Waals surface area (Å²) in [6, 6.07) is 8.33. The molecule has 0 bridgehead atoms. The fraction of sp³-hybridized carbons (Fsp3) is 0.438. The summed E-state index contributed by atoms with van der Waals surface area (Å²) in [5.41, 5.74) is -1.47. The summed E-state index contributed by atoms with van der Waals surface area (Å²) in [6.45, 7) is 8.42. The Kier molecular flexibility index (Phi) is 9.01.